The van der Waals surface area contributed by atoms with E-state index in [1.807, 2.05) is 13.8 Å². The molecule has 1 heterocycles. The first-order valence-electron chi connectivity index (χ1n) is 6.59. The Bertz CT molecular complexity index is 330. The fourth-order valence-electron chi connectivity index (χ4n) is 2.51. The van der Waals surface area contributed by atoms with Crippen LogP contribution in [0.15, 0.2) is 0 Å². The molecule has 0 radical (unpaired) electrons. The lowest BCUT2D eigenvalue weighted by Gasteiger charge is -2.42. The summed E-state index contributed by atoms with van der Waals surface area (Å²) < 4.78 is 0. The Morgan fingerprint density at radius 2 is 2.00 bits per heavy atom. The number of carboxylic acid groups (broad SMARTS) is 1. The molecule has 1 rings (SSSR count). The Hall–Kier alpha value is -1.10. The predicted molar refractivity (Wildman–Crippen MR) is 69.0 cm³/mol. The van der Waals surface area contributed by atoms with Gasteiger partial charge < -0.3 is 15.7 Å². The molecule has 0 aromatic carbocycles. The van der Waals surface area contributed by atoms with Crippen molar-refractivity contribution in [2.75, 3.05) is 6.54 Å². The molecule has 1 fully saturated rings. The molecule has 1 aliphatic heterocycles. The molecule has 1 saturated heterocycles. The van der Waals surface area contributed by atoms with Crippen LogP contribution in [0.4, 0.5) is 0 Å². The van der Waals surface area contributed by atoms with Crippen molar-refractivity contribution in [1.29, 1.82) is 0 Å². The van der Waals surface area contributed by atoms with E-state index in [9.17, 15) is 14.7 Å². The van der Waals surface area contributed by atoms with Crippen LogP contribution in [0, 0.1) is 5.92 Å². The van der Waals surface area contributed by atoms with E-state index < -0.39 is 17.6 Å². The summed E-state index contributed by atoms with van der Waals surface area (Å²) in [4.78, 5) is 25.2. The lowest BCUT2D eigenvalue weighted by Crippen LogP contribution is -2.61. The van der Waals surface area contributed by atoms with Crippen LogP contribution in [0.3, 0.4) is 0 Å². The number of aliphatic carboxylic acids is 1. The van der Waals surface area contributed by atoms with Gasteiger partial charge in [0.15, 0.2) is 0 Å². The SMILES string of the molecule is CC(C)C[C@@H](N)C(=O)N1CCCCC1(C)C(=O)O. The summed E-state index contributed by atoms with van der Waals surface area (Å²) in [6.45, 7) is 6.11. The second-order valence-corrected chi connectivity index (χ2v) is 5.76. The highest BCUT2D eigenvalue weighted by atomic mass is 16.4. The average Bonchev–Trinajstić information content (AvgIpc) is 2.27. The molecule has 104 valence electrons. The molecular formula is C13H24N2O3. The van der Waals surface area contributed by atoms with Gasteiger partial charge in [-0.25, -0.2) is 4.79 Å². The number of hydrogen-bond donors (Lipinski definition) is 2. The molecule has 5 heteroatoms. The van der Waals surface area contributed by atoms with Crippen molar-refractivity contribution < 1.29 is 14.7 Å². The van der Waals surface area contributed by atoms with Gasteiger partial charge in [-0.05, 0) is 38.5 Å². The number of nitrogens with zero attached hydrogens (tertiary/aromatic N) is 1. The number of nitrogens with two attached hydrogens (primary N) is 1. The highest BCUT2D eigenvalue weighted by Gasteiger charge is 2.44. The normalized spacial score (nSPS) is 26.2. The van der Waals surface area contributed by atoms with Gasteiger partial charge in [0.2, 0.25) is 5.91 Å². The van der Waals surface area contributed by atoms with Crippen molar-refractivity contribution in [2.45, 2.75) is 58.0 Å². The van der Waals surface area contributed by atoms with Crippen molar-refractivity contribution in [2.24, 2.45) is 11.7 Å². The van der Waals surface area contributed by atoms with Crippen LogP contribution in [0.5, 0.6) is 0 Å². The monoisotopic (exact) mass is 256 g/mol. The van der Waals surface area contributed by atoms with Crippen molar-refractivity contribution in [3.8, 4) is 0 Å². The first kappa shape index (κ1) is 15.0. The Morgan fingerprint density at radius 1 is 1.39 bits per heavy atom. The van der Waals surface area contributed by atoms with E-state index in [0.717, 1.165) is 12.8 Å². The molecule has 0 aromatic heterocycles. The van der Waals surface area contributed by atoms with Crippen molar-refractivity contribution >= 4 is 11.9 Å². The Kier molecular flexibility index (Phi) is 4.73. The van der Waals surface area contributed by atoms with Crippen LogP contribution in [0.2, 0.25) is 0 Å². The van der Waals surface area contributed by atoms with Crippen LogP contribution in [-0.2, 0) is 9.59 Å². The van der Waals surface area contributed by atoms with Crippen molar-refractivity contribution in [3.05, 3.63) is 0 Å². The molecule has 0 bridgehead atoms. The van der Waals surface area contributed by atoms with Gasteiger partial charge >= 0.3 is 5.97 Å². The Labute approximate surface area is 108 Å². The summed E-state index contributed by atoms with van der Waals surface area (Å²) in [7, 11) is 0. The summed E-state index contributed by atoms with van der Waals surface area (Å²) in [5, 5.41) is 9.35. The molecule has 0 aliphatic carbocycles. The maximum absolute atomic E-state index is 12.3. The summed E-state index contributed by atoms with van der Waals surface area (Å²) in [6, 6.07) is -0.596. The van der Waals surface area contributed by atoms with E-state index in [2.05, 4.69) is 0 Å². The molecule has 3 N–H and O–H groups in total. The van der Waals surface area contributed by atoms with Gasteiger partial charge in [0.25, 0.3) is 0 Å². The fraction of sp³-hybridized carbons (Fsp3) is 0.846. The number of likely N-dealkylation sites (tertiary alicyclic amines) is 1. The largest absolute Gasteiger partial charge is 0.480 e. The van der Waals surface area contributed by atoms with Crippen LogP contribution < -0.4 is 5.73 Å². The van der Waals surface area contributed by atoms with Crippen LogP contribution >= 0.6 is 0 Å². The lowest BCUT2D eigenvalue weighted by molar-refractivity contribution is -0.161. The zero-order valence-corrected chi connectivity index (χ0v) is 11.5. The van der Waals surface area contributed by atoms with E-state index in [-0.39, 0.29) is 5.91 Å². The number of rotatable bonds is 4. The van der Waals surface area contributed by atoms with Gasteiger partial charge in [0.05, 0.1) is 6.04 Å². The Balaban J connectivity index is 2.84. The molecule has 1 unspecified atom stereocenters. The van der Waals surface area contributed by atoms with Gasteiger partial charge in [-0.3, -0.25) is 4.79 Å². The molecule has 1 aliphatic rings. The molecule has 0 saturated carbocycles. The third-order valence-electron chi connectivity index (χ3n) is 3.66. The minimum absolute atomic E-state index is 0.228. The first-order valence-corrected chi connectivity index (χ1v) is 6.59. The van der Waals surface area contributed by atoms with Gasteiger partial charge in [-0.2, -0.15) is 0 Å². The molecular weight excluding hydrogens is 232 g/mol. The Morgan fingerprint density at radius 3 is 2.50 bits per heavy atom. The van der Waals surface area contributed by atoms with Gasteiger partial charge in [0, 0.05) is 6.54 Å². The first-order chi connectivity index (χ1) is 8.29. The topological polar surface area (TPSA) is 83.6 Å². The van der Waals surface area contributed by atoms with E-state index in [0.29, 0.717) is 25.3 Å². The lowest BCUT2D eigenvalue weighted by atomic mass is 9.87. The number of piperidine rings is 1. The maximum atomic E-state index is 12.3. The number of carbonyl (C=O) groups excluding carboxylic acids is 1. The standard InChI is InChI=1S/C13H24N2O3/c1-9(2)8-10(14)11(16)15-7-5-4-6-13(15,3)12(17)18/h9-10H,4-8,14H2,1-3H3,(H,17,18)/t10-,13?/m1/s1. The second-order valence-electron chi connectivity index (χ2n) is 5.76. The van der Waals surface area contributed by atoms with Crippen LogP contribution in [0.1, 0.15) is 46.5 Å². The van der Waals surface area contributed by atoms with E-state index in [4.69, 9.17) is 5.73 Å². The third kappa shape index (κ3) is 3.02. The molecule has 1 amide bonds. The fourth-order valence-corrected chi connectivity index (χ4v) is 2.51. The van der Waals surface area contributed by atoms with E-state index >= 15 is 0 Å². The predicted octanol–water partition coefficient (Wildman–Crippen LogP) is 1.22. The highest BCUT2D eigenvalue weighted by molar-refractivity contribution is 5.89. The molecule has 18 heavy (non-hydrogen) atoms. The summed E-state index contributed by atoms with van der Waals surface area (Å²) in [5.41, 5.74) is 4.79. The maximum Gasteiger partial charge on any atom is 0.329 e. The van der Waals surface area contributed by atoms with E-state index in [1.165, 1.54) is 4.90 Å². The van der Waals surface area contributed by atoms with Crippen LogP contribution in [0.25, 0.3) is 0 Å². The molecule has 0 spiro atoms. The number of carbonyl (C=O) groups is 2. The second kappa shape index (κ2) is 5.69. The molecule has 0 aromatic rings. The highest BCUT2D eigenvalue weighted by Crippen LogP contribution is 2.29. The summed E-state index contributed by atoms with van der Waals surface area (Å²) in [6.07, 6.45) is 2.78. The van der Waals surface area contributed by atoms with Crippen molar-refractivity contribution in [3.63, 3.8) is 0 Å². The summed E-state index contributed by atoms with van der Waals surface area (Å²) >= 11 is 0. The minimum atomic E-state index is -1.09. The van der Waals surface area contributed by atoms with Gasteiger partial charge in [-0.15, -0.1) is 0 Å². The third-order valence-corrected chi connectivity index (χ3v) is 3.66. The number of carboxylic acids is 1. The summed E-state index contributed by atoms with van der Waals surface area (Å²) in [5.74, 6) is -0.842. The minimum Gasteiger partial charge on any atom is -0.480 e. The van der Waals surface area contributed by atoms with Gasteiger partial charge in [0.1, 0.15) is 5.54 Å². The van der Waals surface area contributed by atoms with Gasteiger partial charge in [-0.1, -0.05) is 13.8 Å². The van der Waals surface area contributed by atoms with Crippen LogP contribution in [-0.4, -0.2) is 40.0 Å². The zero-order chi connectivity index (χ0) is 13.9. The number of hydrogen-bond acceptors (Lipinski definition) is 3. The quantitative estimate of drug-likeness (QED) is 0.792. The molecule has 5 nitrogen and oxygen atoms in total. The zero-order valence-electron chi connectivity index (χ0n) is 11.5. The van der Waals surface area contributed by atoms with E-state index in [1.54, 1.807) is 6.92 Å². The average molecular weight is 256 g/mol. The molecule has 2 atom stereocenters. The smallest absolute Gasteiger partial charge is 0.329 e. The number of amides is 1. The van der Waals surface area contributed by atoms with Crippen molar-refractivity contribution in [1.82, 2.24) is 4.90 Å².